The molecule has 2 heterocycles. The predicted octanol–water partition coefficient (Wildman–Crippen LogP) is 2.12. The molecule has 0 atom stereocenters. The molecule has 0 bridgehead atoms. The summed E-state index contributed by atoms with van der Waals surface area (Å²) in [6.45, 7) is 1.34. The lowest BCUT2D eigenvalue weighted by Crippen LogP contribution is -2.20. The number of hydrogen-bond acceptors (Lipinski definition) is 5. The van der Waals surface area contributed by atoms with E-state index in [4.69, 9.17) is 5.11 Å². The lowest BCUT2D eigenvalue weighted by atomic mass is 10.2. The Bertz CT molecular complexity index is 811. The van der Waals surface area contributed by atoms with Crippen molar-refractivity contribution in [3.8, 4) is 10.4 Å². The topological polar surface area (TPSA) is 78.0 Å². The van der Waals surface area contributed by atoms with Gasteiger partial charge in [0.2, 0.25) is 0 Å². The van der Waals surface area contributed by atoms with Crippen molar-refractivity contribution in [2.24, 2.45) is 0 Å². The quantitative estimate of drug-likeness (QED) is 0.609. The Labute approximate surface area is 131 Å². The van der Waals surface area contributed by atoms with E-state index in [2.05, 4.69) is 15.3 Å². The van der Waals surface area contributed by atoms with Crippen LogP contribution in [-0.4, -0.2) is 28.2 Å². The molecule has 22 heavy (non-hydrogen) atoms. The molecule has 6 heteroatoms. The van der Waals surface area contributed by atoms with Gasteiger partial charge in [-0.05, 0) is 24.6 Å². The van der Waals surface area contributed by atoms with Gasteiger partial charge in [-0.25, -0.2) is 4.98 Å². The second-order valence-electron chi connectivity index (χ2n) is 4.96. The number of aromatic amines is 1. The number of nitrogens with zero attached hydrogens (tertiary/aromatic N) is 1. The average Bonchev–Trinajstić information content (AvgIpc) is 2.97. The highest BCUT2D eigenvalue weighted by molar-refractivity contribution is 7.21. The number of benzene rings is 1. The van der Waals surface area contributed by atoms with E-state index in [1.807, 2.05) is 36.4 Å². The summed E-state index contributed by atoms with van der Waals surface area (Å²) in [5.41, 5.74) is 0.981. The molecular weight excluding hydrogens is 298 g/mol. The first-order valence-corrected chi connectivity index (χ1v) is 7.99. The van der Waals surface area contributed by atoms with Gasteiger partial charge in [-0.1, -0.05) is 30.3 Å². The number of fused-ring (bicyclic) bond motifs is 1. The second kappa shape index (κ2) is 6.83. The lowest BCUT2D eigenvalue weighted by molar-refractivity contribution is 0.286. The summed E-state index contributed by atoms with van der Waals surface area (Å²) >= 11 is 1.52. The lowest BCUT2D eigenvalue weighted by Gasteiger charge is -2.02. The van der Waals surface area contributed by atoms with Crippen LogP contribution < -0.4 is 10.9 Å². The number of H-pyrrole nitrogens is 1. The van der Waals surface area contributed by atoms with E-state index in [9.17, 15) is 4.79 Å². The number of hydrogen-bond donors (Lipinski definition) is 3. The number of aromatic nitrogens is 2. The van der Waals surface area contributed by atoms with Gasteiger partial charge < -0.3 is 15.4 Å². The zero-order chi connectivity index (χ0) is 15.4. The zero-order valence-electron chi connectivity index (χ0n) is 12.0. The Kier molecular flexibility index (Phi) is 4.62. The highest BCUT2D eigenvalue weighted by Crippen LogP contribution is 2.30. The van der Waals surface area contributed by atoms with Crippen molar-refractivity contribution < 1.29 is 5.11 Å². The maximum Gasteiger partial charge on any atom is 0.259 e. The molecule has 0 aliphatic rings. The third-order valence-electron chi connectivity index (χ3n) is 3.31. The zero-order valence-corrected chi connectivity index (χ0v) is 12.8. The molecule has 0 radical (unpaired) electrons. The van der Waals surface area contributed by atoms with E-state index in [0.717, 1.165) is 15.3 Å². The average molecular weight is 315 g/mol. The largest absolute Gasteiger partial charge is 0.396 e. The van der Waals surface area contributed by atoms with Gasteiger partial charge in [-0.15, -0.1) is 11.3 Å². The minimum atomic E-state index is -0.109. The molecule has 0 saturated carbocycles. The molecule has 0 amide bonds. The standard InChI is InChI=1S/C16H17N3O2S/c20-8-4-7-17-10-14-18-15(21)12-9-13(22-16(12)19-14)11-5-2-1-3-6-11/h1-3,5-6,9,17,20H,4,7-8,10H2,(H,18,19,21). The SMILES string of the molecule is O=c1[nH]c(CNCCCO)nc2sc(-c3ccccc3)cc12. The normalized spacial score (nSPS) is 11.1. The van der Waals surface area contributed by atoms with Gasteiger partial charge in [0.05, 0.1) is 11.9 Å². The van der Waals surface area contributed by atoms with Crippen molar-refractivity contribution in [1.29, 1.82) is 0 Å². The third kappa shape index (κ3) is 3.24. The highest BCUT2D eigenvalue weighted by Gasteiger charge is 2.10. The molecule has 0 saturated heterocycles. The van der Waals surface area contributed by atoms with Gasteiger partial charge in [-0.3, -0.25) is 4.79 Å². The van der Waals surface area contributed by atoms with E-state index < -0.39 is 0 Å². The van der Waals surface area contributed by atoms with Crippen molar-refractivity contribution in [3.63, 3.8) is 0 Å². The van der Waals surface area contributed by atoms with E-state index in [1.54, 1.807) is 0 Å². The number of aliphatic hydroxyl groups is 1. The fourth-order valence-corrected chi connectivity index (χ4v) is 3.27. The molecule has 5 nitrogen and oxygen atoms in total. The van der Waals surface area contributed by atoms with Crippen molar-refractivity contribution in [1.82, 2.24) is 15.3 Å². The Hall–Kier alpha value is -2.02. The van der Waals surface area contributed by atoms with Crippen LogP contribution in [0.4, 0.5) is 0 Å². The summed E-state index contributed by atoms with van der Waals surface area (Å²) < 4.78 is 0. The van der Waals surface area contributed by atoms with Crippen molar-refractivity contribution >= 4 is 21.6 Å². The molecular formula is C16H17N3O2S. The summed E-state index contributed by atoms with van der Waals surface area (Å²) in [5, 5.41) is 12.5. The molecule has 0 spiro atoms. The van der Waals surface area contributed by atoms with Gasteiger partial charge >= 0.3 is 0 Å². The number of nitrogens with one attached hydrogen (secondary N) is 2. The molecule has 0 fully saturated rings. The van der Waals surface area contributed by atoms with Crippen LogP contribution in [0.1, 0.15) is 12.2 Å². The molecule has 114 valence electrons. The van der Waals surface area contributed by atoms with Gasteiger partial charge in [0.15, 0.2) is 0 Å². The van der Waals surface area contributed by atoms with Gasteiger partial charge in [-0.2, -0.15) is 0 Å². The maximum absolute atomic E-state index is 12.2. The van der Waals surface area contributed by atoms with Crippen LogP contribution in [0.3, 0.4) is 0 Å². The Morgan fingerprint density at radius 3 is 2.86 bits per heavy atom. The minimum absolute atomic E-state index is 0.109. The molecule has 2 aromatic heterocycles. The highest BCUT2D eigenvalue weighted by atomic mass is 32.1. The van der Waals surface area contributed by atoms with E-state index in [-0.39, 0.29) is 12.2 Å². The molecule has 1 aromatic carbocycles. The molecule has 3 aromatic rings. The molecule has 0 aliphatic carbocycles. The Morgan fingerprint density at radius 1 is 1.27 bits per heavy atom. The fourth-order valence-electron chi connectivity index (χ4n) is 2.22. The Morgan fingerprint density at radius 2 is 2.09 bits per heavy atom. The molecule has 0 unspecified atom stereocenters. The first kappa shape index (κ1) is 14.9. The summed E-state index contributed by atoms with van der Waals surface area (Å²) in [6.07, 6.45) is 0.684. The smallest absolute Gasteiger partial charge is 0.259 e. The van der Waals surface area contributed by atoms with Crippen LogP contribution in [-0.2, 0) is 6.54 Å². The first-order chi connectivity index (χ1) is 10.8. The molecule has 0 aliphatic heterocycles. The van der Waals surface area contributed by atoms with E-state index in [1.165, 1.54) is 11.3 Å². The molecule has 3 N–H and O–H groups in total. The second-order valence-corrected chi connectivity index (χ2v) is 5.99. The summed E-state index contributed by atoms with van der Waals surface area (Å²) in [6, 6.07) is 11.9. The van der Waals surface area contributed by atoms with Crippen molar-refractivity contribution in [2.45, 2.75) is 13.0 Å². The third-order valence-corrected chi connectivity index (χ3v) is 4.39. The van der Waals surface area contributed by atoms with Crippen LogP contribution in [0.25, 0.3) is 20.7 Å². The summed E-state index contributed by atoms with van der Waals surface area (Å²) in [4.78, 5) is 21.3. The van der Waals surface area contributed by atoms with Crippen LogP contribution >= 0.6 is 11.3 Å². The number of aliphatic hydroxyl groups excluding tert-OH is 1. The summed E-state index contributed by atoms with van der Waals surface area (Å²) in [7, 11) is 0. The van der Waals surface area contributed by atoms with Crippen LogP contribution in [0.15, 0.2) is 41.2 Å². The number of rotatable bonds is 6. The van der Waals surface area contributed by atoms with Gasteiger partial charge in [0, 0.05) is 11.5 Å². The molecule has 3 rings (SSSR count). The van der Waals surface area contributed by atoms with Gasteiger partial charge in [0.25, 0.3) is 5.56 Å². The van der Waals surface area contributed by atoms with E-state index in [0.29, 0.717) is 30.7 Å². The van der Waals surface area contributed by atoms with Gasteiger partial charge in [0.1, 0.15) is 10.7 Å². The van der Waals surface area contributed by atoms with Crippen molar-refractivity contribution in [3.05, 3.63) is 52.6 Å². The number of thiophene rings is 1. The van der Waals surface area contributed by atoms with Crippen LogP contribution in [0.2, 0.25) is 0 Å². The minimum Gasteiger partial charge on any atom is -0.396 e. The van der Waals surface area contributed by atoms with Crippen LogP contribution in [0.5, 0.6) is 0 Å². The van der Waals surface area contributed by atoms with Crippen LogP contribution in [0, 0.1) is 0 Å². The monoisotopic (exact) mass is 315 g/mol. The summed E-state index contributed by atoms with van der Waals surface area (Å²) in [5.74, 6) is 0.622. The van der Waals surface area contributed by atoms with E-state index >= 15 is 0 Å². The maximum atomic E-state index is 12.2. The fraction of sp³-hybridized carbons (Fsp3) is 0.250. The Balaban J connectivity index is 1.88. The van der Waals surface area contributed by atoms with Crippen molar-refractivity contribution in [2.75, 3.05) is 13.2 Å². The first-order valence-electron chi connectivity index (χ1n) is 7.17. The predicted molar refractivity (Wildman–Crippen MR) is 89.1 cm³/mol.